The first kappa shape index (κ1) is 89.7. The Bertz CT molecular complexity index is 7130. The number of thioether (sulfide) groups is 2. The van der Waals surface area contributed by atoms with Gasteiger partial charge in [-0.2, -0.15) is 0 Å². The van der Waals surface area contributed by atoms with Crippen molar-refractivity contribution in [3.63, 3.8) is 0 Å². The second-order valence-corrected chi connectivity index (χ2v) is 35.7. The van der Waals surface area contributed by atoms with E-state index in [0.717, 1.165) is 144 Å². The van der Waals surface area contributed by atoms with Crippen LogP contribution in [0.5, 0.6) is 17.6 Å². The Morgan fingerprint density at radius 2 is 0.893 bits per heavy atom. The number of allylic oxidation sites excluding steroid dienone is 1. The summed E-state index contributed by atoms with van der Waals surface area (Å²) in [5.74, 6) is 2.87. The Hall–Kier alpha value is -13.3. The fourth-order valence-corrected chi connectivity index (χ4v) is 20.2. The molecule has 11 heterocycles. The van der Waals surface area contributed by atoms with Crippen LogP contribution in [0, 0.1) is 27.7 Å². The molecule has 658 valence electrons. The molecule has 9 aromatic carbocycles. The lowest BCUT2D eigenvalue weighted by atomic mass is 10.0. The predicted octanol–water partition coefficient (Wildman–Crippen LogP) is 26.7. The highest BCUT2D eigenvalue weighted by Gasteiger charge is 2.28. The second kappa shape index (κ2) is 41.7. The predicted molar refractivity (Wildman–Crippen MR) is 544 cm³/mol. The number of hydrogen-bond acceptors (Lipinski definition) is 15. The van der Waals surface area contributed by atoms with Crippen molar-refractivity contribution in [2.24, 2.45) is 9.98 Å². The van der Waals surface area contributed by atoms with Crippen LogP contribution >= 0.6 is 46.5 Å². The van der Waals surface area contributed by atoms with Crippen molar-refractivity contribution in [2.45, 2.75) is 118 Å². The largest absolute Gasteiger partial charge is 0.481 e. The van der Waals surface area contributed by atoms with Crippen molar-refractivity contribution in [1.82, 2.24) is 48.2 Å². The fourth-order valence-electron chi connectivity index (χ4n) is 17.8. The van der Waals surface area contributed by atoms with Gasteiger partial charge in [-0.25, -0.2) is 29.9 Å². The SMILES string of the molecule is CCc1c(-c2ccc(OC)nc2)c2cc(C)ccc2n1CC1CSC(c2ccccc2)=N1.CCc1c(-c2ccc(OC)nc2)c2ccc(C)cc2n1Cc1ccccc1.CCc1c(-c2cnc(SC)nc2)c2ccc(C)cc2n1Cc1ccccc1Cl.COc1ccc(-c2c(COCC3=CCC(c4ccccc4)=N3)n(Cc3csc(-c4ccccc4)n3)c3ccc(C)cc23)cn1. The molecule has 0 N–H and O–H groups in total. The van der Waals surface area contributed by atoms with E-state index in [9.17, 15) is 0 Å². The van der Waals surface area contributed by atoms with Crippen LogP contribution in [0.2, 0.25) is 5.02 Å². The standard InChI is InChI=1S/C37H32N4O2S.C27H27N3OS.C24H24N2O.C23H22ClN3S/c1-25-13-17-33-31(19-25)36(28-14-18-35(42-2)38-20-28)34(23-43-22-29-15-16-32(39-29)26-9-5-3-6-10-26)41(33)21-30-24-44-37(40-30)27-11-7-4-8-12-27;1-4-23-26(20-11-13-25(31-3)28-15-20)22-14-18(2)10-12-24(22)30(23)16-21-17-32-27(29-21)19-8-6-5-7-9-19;1-4-21-24(19-11-13-23(27-3)25-15-19)20-12-10-17(2)14-22(20)26(21)16-18-8-6-5-7-9-18;1-4-20-22(17-12-25-23(28-3)26-13-17)18-10-9-15(2)11-21(18)27(20)14-16-7-5-6-8-19(16)24/h3-15,17-20,24H,16,21-23H2,1-2H3;5-15,21H,4,16-17H2,1-3H3;5-15H,4,16H2,1-3H3;5-13H,4,14H2,1-3H3. The average molecular weight is 1800 g/mol. The first-order chi connectivity index (χ1) is 64.2. The Balaban J connectivity index is 0.000000125. The van der Waals surface area contributed by atoms with Crippen LogP contribution in [0.1, 0.15) is 100 Å². The molecular formula is C111H105ClN12O4S3. The minimum atomic E-state index is 0.263. The smallest absolute Gasteiger partial charge is 0.212 e. The van der Waals surface area contributed by atoms with Crippen molar-refractivity contribution in [1.29, 1.82) is 0 Å². The zero-order valence-corrected chi connectivity index (χ0v) is 79.0. The topological polar surface area (TPSA) is 159 Å². The summed E-state index contributed by atoms with van der Waals surface area (Å²) in [5, 5.41) is 10.9. The van der Waals surface area contributed by atoms with Gasteiger partial charge in [-0.3, -0.25) is 9.98 Å². The molecule has 2 aliphatic heterocycles. The summed E-state index contributed by atoms with van der Waals surface area (Å²) in [6.07, 6.45) is 17.4. The zero-order valence-electron chi connectivity index (χ0n) is 75.7. The van der Waals surface area contributed by atoms with Gasteiger partial charge in [-0.05, 0) is 142 Å². The summed E-state index contributed by atoms with van der Waals surface area (Å²) < 4.78 is 32.0. The highest BCUT2D eigenvalue weighted by atomic mass is 35.5. The molecule has 0 aliphatic carbocycles. The molecule has 0 bridgehead atoms. The highest BCUT2D eigenvalue weighted by molar-refractivity contribution is 8.14. The van der Waals surface area contributed by atoms with Gasteiger partial charge in [0.15, 0.2) is 5.16 Å². The first-order valence-electron chi connectivity index (χ1n) is 44.4. The van der Waals surface area contributed by atoms with Crippen molar-refractivity contribution >= 4 is 101 Å². The van der Waals surface area contributed by atoms with Crippen LogP contribution in [0.4, 0.5) is 0 Å². The zero-order chi connectivity index (χ0) is 90.4. The van der Waals surface area contributed by atoms with Crippen LogP contribution in [0.15, 0.2) is 318 Å². The third-order valence-corrected chi connectivity index (χ3v) is 27.1. The second-order valence-electron chi connectivity index (χ2n) is 32.7. The van der Waals surface area contributed by atoms with Gasteiger partial charge in [0.1, 0.15) is 5.01 Å². The van der Waals surface area contributed by atoms with E-state index in [4.69, 9.17) is 45.5 Å². The van der Waals surface area contributed by atoms with Crippen molar-refractivity contribution < 1.29 is 18.9 Å². The number of aliphatic imine (C=N–C) groups is 2. The van der Waals surface area contributed by atoms with E-state index in [1.807, 2.05) is 110 Å². The maximum Gasteiger partial charge on any atom is 0.212 e. The molecule has 0 spiro atoms. The molecule has 1 unspecified atom stereocenters. The van der Waals surface area contributed by atoms with Crippen molar-refractivity contribution in [3.8, 4) is 72.7 Å². The van der Waals surface area contributed by atoms with Gasteiger partial charge in [-0.1, -0.05) is 237 Å². The lowest BCUT2D eigenvalue weighted by Gasteiger charge is -2.14. The van der Waals surface area contributed by atoms with E-state index in [-0.39, 0.29) is 6.04 Å². The maximum atomic E-state index is 6.47. The molecule has 18 aromatic rings. The molecule has 2 aliphatic rings. The van der Waals surface area contributed by atoms with Gasteiger partial charge in [0.2, 0.25) is 17.6 Å². The molecule has 9 aromatic heterocycles. The molecule has 0 fully saturated rings. The van der Waals surface area contributed by atoms with Crippen molar-refractivity contribution in [3.05, 3.63) is 381 Å². The Kier molecular flexibility index (Phi) is 28.5. The van der Waals surface area contributed by atoms with Gasteiger partial charge in [0, 0.05) is 208 Å². The fraction of sp³-hybridized carbons (Fsp3) is 0.207. The summed E-state index contributed by atoms with van der Waals surface area (Å²) in [4.78, 5) is 37.5. The quantitative estimate of drug-likeness (QED) is 0.0374. The molecule has 0 amide bonds. The highest BCUT2D eigenvalue weighted by Crippen LogP contribution is 2.43. The lowest BCUT2D eigenvalue weighted by Crippen LogP contribution is -2.16. The monoisotopic (exact) mass is 1800 g/mol. The van der Waals surface area contributed by atoms with Crippen LogP contribution < -0.4 is 14.2 Å². The molecule has 20 rings (SSSR count). The van der Waals surface area contributed by atoms with Gasteiger partial charge >= 0.3 is 0 Å². The van der Waals surface area contributed by atoms with E-state index in [0.29, 0.717) is 37.4 Å². The van der Waals surface area contributed by atoms with Crippen LogP contribution in [0.25, 0.3) is 98.7 Å². The number of aromatic nitrogens is 10. The van der Waals surface area contributed by atoms with Crippen molar-refractivity contribution in [2.75, 3.05) is 39.9 Å². The Morgan fingerprint density at radius 3 is 1.43 bits per heavy atom. The van der Waals surface area contributed by atoms with Crippen LogP contribution in [-0.4, -0.2) is 105 Å². The Labute approximate surface area is 783 Å². The van der Waals surface area contributed by atoms with Gasteiger partial charge in [0.05, 0.1) is 75.0 Å². The minimum Gasteiger partial charge on any atom is -0.481 e. The number of aryl methyl sites for hydroxylation is 4. The van der Waals surface area contributed by atoms with Gasteiger partial charge < -0.3 is 37.2 Å². The number of nitrogens with zero attached hydrogens (tertiary/aromatic N) is 12. The number of halogens is 1. The lowest BCUT2D eigenvalue weighted by molar-refractivity contribution is 0.137. The molecule has 0 radical (unpaired) electrons. The number of benzene rings is 9. The maximum absolute atomic E-state index is 6.47. The number of methoxy groups -OCH3 is 3. The Morgan fingerprint density at radius 1 is 0.427 bits per heavy atom. The molecule has 20 heteroatoms. The van der Waals surface area contributed by atoms with E-state index in [1.54, 1.807) is 44.4 Å². The summed E-state index contributed by atoms with van der Waals surface area (Å²) in [6.45, 7) is 19.2. The first-order valence-corrected chi connectivity index (χ1v) is 47.9. The van der Waals surface area contributed by atoms with E-state index < -0.39 is 0 Å². The van der Waals surface area contributed by atoms with Gasteiger partial charge in [0.25, 0.3) is 0 Å². The van der Waals surface area contributed by atoms with E-state index >= 15 is 0 Å². The summed E-state index contributed by atoms with van der Waals surface area (Å²) in [6, 6.07) is 89.0. The van der Waals surface area contributed by atoms with Crippen LogP contribution in [-0.2, 0) is 56.8 Å². The number of rotatable bonds is 26. The van der Waals surface area contributed by atoms with Crippen LogP contribution in [0.3, 0.4) is 0 Å². The summed E-state index contributed by atoms with van der Waals surface area (Å²) in [7, 11) is 4.93. The minimum absolute atomic E-state index is 0.263. The van der Waals surface area contributed by atoms with E-state index in [1.165, 1.54) is 105 Å². The number of ether oxygens (including phenoxy) is 4. The molecule has 131 heavy (non-hydrogen) atoms. The summed E-state index contributed by atoms with van der Waals surface area (Å²) in [5.41, 5.74) is 33.1. The normalized spacial score (nSPS) is 12.9. The number of hydrogen-bond donors (Lipinski definition) is 0. The number of thiazole rings is 1. The van der Waals surface area contributed by atoms with E-state index in [2.05, 4.69) is 297 Å². The third kappa shape index (κ3) is 20.1. The molecule has 16 nitrogen and oxygen atoms in total. The number of fused-ring (bicyclic) bond motifs is 4. The average Bonchev–Trinajstić information content (AvgIpc) is 1.62. The van der Waals surface area contributed by atoms with Gasteiger partial charge in [-0.15, -0.1) is 23.1 Å². The molecule has 0 saturated carbocycles. The molecule has 1 atom stereocenters. The third-order valence-electron chi connectivity index (χ3n) is 24.0. The molecule has 0 saturated heterocycles. The number of pyridine rings is 3. The summed E-state index contributed by atoms with van der Waals surface area (Å²) >= 11 is 11.6. The molecular weight excluding hydrogens is 1700 g/mol.